The third-order valence-electron chi connectivity index (χ3n) is 6.08. The molecule has 0 aromatic heterocycles. The van der Waals surface area contributed by atoms with Crippen molar-refractivity contribution in [2.75, 3.05) is 0 Å². The molecule has 6 nitrogen and oxygen atoms in total. The minimum atomic E-state index is -4.45. The smallest absolute Gasteiger partial charge is 0.338 e. The van der Waals surface area contributed by atoms with Gasteiger partial charge < -0.3 is 19.4 Å². The van der Waals surface area contributed by atoms with Crippen LogP contribution in [0.5, 0.6) is 0 Å². The molecule has 33 heavy (non-hydrogen) atoms. The molecule has 2 aromatic rings. The molecular formula is C25H25F2O6-. The molecule has 1 unspecified atom stereocenters. The van der Waals surface area contributed by atoms with Crippen LogP contribution < -0.4 is 5.11 Å². The number of aliphatic carboxylic acids is 1. The van der Waals surface area contributed by atoms with E-state index >= 15 is 0 Å². The number of benzene rings is 2. The third-order valence-corrected chi connectivity index (χ3v) is 6.08. The van der Waals surface area contributed by atoms with Gasteiger partial charge in [-0.25, -0.2) is 9.59 Å². The average molecular weight is 459 g/mol. The third kappa shape index (κ3) is 5.21. The second kappa shape index (κ2) is 9.68. The Labute approximate surface area is 190 Å². The Morgan fingerprint density at radius 3 is 1.91 bits per heavy atom. The van der Waals surface area contributed by atoms with Crippen LogP contribution in [0.2, 0.25) is 0 Å². The van der Waals surface area contributed by atoms with E-state index in [1.165, 1.54) is 48.5 Å². The molecule has 0 spiro atoms. The number of hydrogen-bond donors (Lipinski definition) is 0. The highest BCUT2D eigenvalue weighted by Gasteiger charge is 2.45. The van der Waals surface area contributed by atoms with E-state index in [9.17, 15) is 28.3 Å². The van der Waals surface area contributed by atoms with Gasteiger partial charge in [0.05, 0.1) is 11.1 Å². The van der Waals surface area contributed by atoms with Gasteiger partial charge in [0.25, 0.3) is 0 Å². The van der Waals surface area contributed by atoms with E-state index in [4.69, 9.17) is 9.47 Å². The lowest BCUT2D eigenvalue weighted by atomic mass is 9.88. The van der Waals surface area contributed by atoms with Gasteiger partial charge >= 0.3 is 17.9 Å². The van der Waals surface area contributed by atoms with Crippen LogP contribution in [-0.4, -0.2) is 29.4 Å². The molecule has 1 saturated carbocycles. The summed E-state index contributed by atoms with van der Waals surface area (Å²) in [5, 5.41) is 11.0. The minimum Gasteiger partial charge on any atom is -0.544 e. The molecule has 2 aromatic carbocycles. The zero-order chi connectivity index (χ0) is 24.2. The number of carboxylic acid groups (broad SMARTS) is 1. The van der Waals surface area contributed by atoms with Crippen LogP contribution in [0.15, 0.2) is 54.6 Å². The lowest BCUT2D eigenvalue weighted by molar-refractivity contribution is -0.336. The second-order valence-electron chi connectivity index (χ2n) is 8.50. The number of rotatable bonds is 8. The molecule has 8 heteroatoms. The summed E-state index contributed by atoms with van der Waals surface area (Å²) in [6.45, 7) is 4.01. The van der Waals surface area contributed by atoms with Gasteiger partial charge in [-0.1, -0.05) is 44.2 Å². The SMILES string of the molecule is CC(C)C1(OC(=O)c2ccc(C(=O)OC(c3ccccc3)C(F)(F)C(=O)[O-])cc2)CCCC1. The van der Waals surface area contributed by atoms with Crippen molar-refractivity contribution < 1.29 is 37.7 Å². The quantitative estimate of drug-likeness (QED) is 0.552. The van der Waals surface area contributed by atoms with Gasteiger partial charge in [0.1, 0.15) is 11.6 Å². The normalized spacial score (nSPS) is 16.3. The van der Waals surface area contributed by atoms with Gasteiger partial charge in [-0.2, -0.15) is 8.78 Å². The van der Waals surface area contributed by atoms with Gasteiger partial charge in [-0.05, 0) is 61.4 Å². The van der Waals surface area contributed by atoms with E-state index in [2.05, 4.69) is 0 Å². The summed E-state index contributed by atoms with van der Waals surface area (Å²) in [6, 6.07) is 12.0. The molecule has 1 aliphatic carbocycles. The van der Waals surface area contributed by atoms with Crippen molar-refractivity contribution in [3.05, 3.63) is 71.3 Å². The summed E-state index contributed by atoms with van der Waals surface area (Å²) in [6.07, 6.45) is 1.15. The minimum absolute atomic E-state index is 0.124. The molecule has 0 bridgehead atoms. The number of carbonyl (C=O) groups is 3. The molecule has 3 rings (SSSR count). The average Bonchev–Trinajstić information content (AvgIpc) is 3.27. The maximum atomic E-state index is 14.2. The Hall–Kier alpha value is -3.29. The Morgan fingerprint density at radius 2 is 1.42 bits per heavy atom. The summed E-state index contributed by atoms with van der Waals surface area (Å²) in [5.41, 5.74) is -0.636. The molecule has 1 aliphatic rings. The number of halogens is 2. The maximum absolute atomic E-state index is 14.2. The predicted octanol–water partition coefficient (Wildman–Crippen LogP) is 4.10. The Kier molecular flexibility index (Phi) is 7.15. The van der Waals surface area contributed by atoms with E-state index < -0.39 is 35.5 Å². The van der Waals surface area contributed by atoms with Gasteiger partial charge in [-0.3, -0.25) is 0 Å². The summed E-state index contributed by atoms with van der Waals surface area (Å²) >= 11 is 0. The van der Waals surface area contributed by atoms with E-state index in [1.54, 1.807) is 6.07 Å². The number of hydrogen-bond acceptors (Lipinski definition) is 6. The maximum Gasteiger partial charge on any atom is 0.338 e. The van der Waals surface area contributed by atoms with Crippen molar-refractivity contribution in [2.45, 2.75) is 57.2 Å². The van der Waals surface area contributed by atoms with E-state index in [1.807, 2.05) is 13.8 Å². The lowest BCUT2D eigenvalue weighted by Gasteiger charge is -2.33. The first-order valence-electron chi connectivity index (χ1n) is 10.8. The predicted molar refractivity (Wildman–Crippen MR) is 112 cm³/mol. The van der Waals surface area contributed by atoms with Crippen molar-refractivity contribution >= 4 is 17.9 Å². The van der Waals surface area contributed by atoms with Crippen LogP contribution in [0.25, 0.3) is 0 Å². The van der Waals surface area contributed by atoms with Crippen LogP contribution in [-0.2, 0) is 14.3 Å². The molecule has 0 N–H and O–H groups in total. The van der Waals surface area contributed by atoms with Crippen molar-refractivity contribution in [3.63, 3.8) is 0 Å². The Morgan fingerprint density at radius 1 is 0.909 bits per heavy atom. The Balaban J connectivity index is 1.76. The topological polar surface area (TPSA) is 92.7 Å². The largest absolute Gasteiger partial charge is 0.544 e. The van der Waals surface area contributed by atoms with Crippen molar-refractivity contribution in [1.29, 1.82) is 0 Å². The molecule has 176 valence electrons. The fourth-order valence-corrected chi connectivity index (χ4v) is 4.02. The zero-order valence-corrected chi connectivity index (χ0v) is 18.4. The summed E-state index contributed by atoms with van der Waals surface area (Å²) < 4.78 is 39.2. The fourth-order valence-electron chi connectivity index (χ4n) is 4.02. The summed E-state index contributed by atoms with van der Waals surface area (Å²) in [4.78, 5) is 36.1. The van der Waals surface area contributed by atoms with Crippen LogP contribution in [0.3, 0.4) is 0 Å². The Bertz CT molecular complexity index is 995. The van der Waals surface area contributed by atoms with Crippen molar-refractivity contribution in [3.8, 4) is 0 Å². The van der Waals surface area contributed by atoms with E-state index in [0.717, 1.165) is 25.7 Å². The van der Waals surface area contributed by atoms with Crippen LogP contribution >= 0.6 is 0 Å². The van der Waals surface area contributed by atoms with E-state index in [0.29, 0.717) is 0 Å². The van der Waals surface area contributed by atoms with Crippen LogP contribution in [0.1, 0.15) is 71.9 Å². The molecule has 0 amide bonds. The molecule has 0 saturated heterocycles. The lowest BCUT2D eigenvalue weighted by Crippen LogP contribution is -2.47. The van der Waals surface area contributed by atoms with Gasteiger partial charge in [0, 0.05) is 0 Å². The van der Waals surface area contributed by atoms with Crippen molar-refractivity contribution in [2.24, 2.45) is 5.92 Å². The first kappa shape index (κ1) is 24.4. The van der Waals surface area contributed by atoms with Crippen LogP contribution in [0, 0.1) is 5.92 Å². The highest BCUT2D eigenvalue weighted by molar-refractivity contribution is 5.93. The van der Waals surface area contributed by atoms with Gasteiger partial charge in [0.15, 0.2) is 6.10 Å². The van der Waals surface area contributed by atoms with Crippen LogP contribution in [0.4, 0.5) is 8.78 Å². The molecule has 0 aliphatic heterocycles. The highest BCUT2D eigenvalue weighted by Crippen LogP contribution is 2.40. The number of alkyl halides is 2. The first-order valence-corrected chi connectivity index (χ1v) is 10.8. The molecular weight excluding hydrogens is 434 g/mol. The van der Waals surface area contributed by atoms with Gasteiger partial charge in [-0.15, -0.1) is 0 Å². The first-order chi connectivity index (χ1) is 15.6. The second-order valence-corrected chi connectivity index (χ2v) is 8.50. The number of esters is 2. The molecule has 1 atom stereocenters. The van der Waals surface area contributed by atoms with Gasteiger partial charge in [0.2, 0.25) is 0 Å². The summed E-state index contributed by atoms with van der Waals surface area (Å²) in [5.74, 6) is -8.66. The monoisotopic (exact) mass is 459 g/mol. The summed E-state index contributed by atoms with van der Waals surface area (Å²) in [7, 11) is 0. The molecule has 0 radical (unpaired) electrons. The standard InChI is InChI=1S/C25H26F2O6/c1-16(2)24(14-6-7-15-24)33-22(29)19-12-10-18(11-13-19)21(28)32-20(25(26,27)23(30)31)17-8-4-3-5-9-17/h3-5,8-13,16,20H,6-7,14-15H2,1-2H3,(H,30,31)/p-1. The highest BCUT2D eigenvalue weighted by atomic mass is 19.3. The number of carboxylic acids is 1. The van der Waals surface area contributed by atoms with Crippen molar-refractivity contribution in [1.82, 2.24) is 0 Å². The molecule has 0 heterocycles. The number of carbonyl (C=O) groups excluding carboxylic acids is 3. The van der Waals surface area contributed by atoms with E-state index in [-0.39, 0.29) is 22.6 Å². The zero-order valence-electron chi connectivity index (χ0n) is 18.4. The number of ether oxygens (including phenoxy) is 2. The molecule has 1 fully saturated rings. The fraction of sp³-hybridized carbons (Fsp3) is 0.400.